The molecule has 1 aromatic carbocycles. The van der Waals surface area contributed by atoms with Gasteiger partial charge in [-0.15, -0.1) is 0 Å². The second-order valence-corrected chi connectivity index (χ2v) is 6.73. The lowest BCUT2D eigenvalue weighted by Gasteiger charge is -2.13. The van der Waals surface area contributed by atoms with Gasteiger partial charge < -0.3 is 10.2 Å². The SMILES string of the molecule is Cc1oc(CN)cc1S(=O)(=O)NC(C)Cc1ccccc1. The van der Waals surface area contributed by atoms with Crippen molar-refractivity contribution in [2.75, 3.05) is 0 Å². The van der Waals surface area contributed by atoms with Gasteiger partial charge in [0, 0.05) is 12.1 Å². The minimum Gasteiger partial charge on any atom is -0.464 e. The summed E-state index contributed by atoms with van der Waals surface area (Å²) in [4.78, 5) is 0.155. The average molecular weight is 308 g/mol. The topological polar surface area (TPSA) is 85.3 Å². The molecule has 3 N–H and O–H groups in total. The second-order valence-electron chi connectivity index (χ2n) is 5.05. The van der Waals surface area contributed by atoms with Crippen molar-refractivity contribution in [1.82, 2.24) is 4.72 Å². The monoisotopic (exact) mass is 308 g/mol. The van der Waals surface area contributed by atoms with Crippen LogP contribution >= 0.6 is 0 Å². The van der Waals surface area contributed by atoms with Gasteiger partial charge in [-0.25, -0.2) is 13.1 Å². The van der Waals surface area contributed by atoms with Crippen molar-refractivity contribution in [2.45, 2.75) is 37.8 Å². The summed E-state index contributed by atoms with van der Waals surface area (Å²) in [5, 5.41) is 0. The van der Waals surface area contributed by atoms with E-state index in [0.29, 0.717) is 17.9 Å². The molecule has 0 aliphatic carbocycles. The molecule has 114 valence electrons. The summed E-state index contributed by atoms with van der Waals surface area (Å²) in [5.74, 6) is 0.818. The first-order valence-corrected chi connectivity index (χ1v) is 8.26. The fourth-order valence-corrected chi connectivity index (χ4v) is 3.68. The summed E-state index contributed by atoms with van der Waals surface area (Å²) in [5.41, 5.74) is 6.55. The summed E-state index contributed by atoms with van der Waals surface area (Å²) >= 11 is 0. The summed E-state index contributed by atoms with van der Waals surface area (Å²) < 4.78 is 32.7. The molecule has 1 atom stereocenters. The zero-order chi connectivity index (χ0) is 15.5. The third-order valence-electron chi connectivity index (χ3n) is 3.16. The van der Waals surface area contributed by atoms with Crippen LogP contribution in [0.25, 0.3) is 0 Å². The van der Waals surface area contributed by atoms with Gasteiger partial charge in [-0.1, -0.05) is 30.3 Å². The summed E-state index contributed by atoms with van der Waals surface area (Å²) in [6, 6.07) is 11.0. The molecule has 6 heteroatoms. The van der Waals surface area contributed by atoms with Gasteiger partial charge >= 0.3 is 0 Å². The number of rotatable bonds is 6. The van der Waals surface area contributed by atoms with Gasteiger partial charge in [0.15, 0.2) is 0 Å². The van der Waals surface area contributed by atoms with E-state index in [2.05, 4.69) is 4.72 Å². The summed E-state index contributed by atoms with van der Waals surface area (Å²) in [7, 11) is -3.60. The van der Waals surface area contributed by atoms with Crippen LogP contribution in [0.1, 0.15) is 24.0 Å². The maximum absolute atomic E-state index is 12.4. The average Bonchev–Trinajstić information content (AvgIpc) is 2.81. The maximum atomic E-state index is 12.4. The van der Waals surface area contributed by atoms with E-state index in [0.717, 1.165) is 5.56 Å². The molecule has 2 rings (SSSR count). The Morgan fingerprint density at radius 3 is 2.52 bits per heavy atom. The molecule has 0 aliphatic heterocycles. The van der Waals surface area contributed by atoms with Crippen molar-refractivity contribution in [3.63, 3.8) is 0 Å². The first kappa shape index (κ1) is 15.8. The molecule has 0 saturated heterocycles. The molecule has 1 aromatic heterocycles. The summed E-state index contributed by atoms with van der Waals surface area (Å²) in [6.07, 6.45) is 0.626. The van der Waals surface area contributed by atoms with Crippen LogP contribution in [-0.2, 0) is 23.0 Å². The zero-order valence-corrected chi connectivity index (χ0v) is 13.0. The maximum Gasteiger partial charge on any atom is 0.244 e. The van der Waals surface area contributed by atoms with Crippen LogP contribution in [0.15, 0.2) is 45.7 Å². The number of furan rings is 1. The van der Waals surface area contributed by atoms with E-state index < -0.39 is 10.0 Å². The van der Waals surface area contributed by atoms with Crippen LogP contribution in [0.5, 0.6) is 0 Å². The van der Waals surface area contributed by atoms with Crippen LogP contribution in [-0.4, -0.2) is 14.5 Å². The lowest BCUT2D eigenvalue weighted by Crippen LogP contribution is -2.34. The lowest BCUT2D eigenvalue weighted by atomic mass is 10.1. The highest BCUT2D eigenvalue weighted by atomic mass is 32.2. The quantitative estimate of drug-likeness (QED) is 0.854. The molecular formula is C15H20N2O3S. The minimum absolute atomic E-state index is 0.155. The van der Waals surface area contributed by atoms with E-state index in [9.17, 15) is 8.42 Å². The van der Waals surface area contributed by atoms with Crippen LogP contribution < -0.4 is 10.5 Å². The molecule has 0 aliphatic rings. The highest BCUT2D eigenvalue weighted by Crippen LogP contribution is 2.20. The second kappa shape index (κ2) is 6.43. The van der Waals surface area contributed by atoms with Crippen LogP contribution in [0.4, 0.5) is 0 Å². The Morgan fingerprint density at radius 2 is 1.95 bits per heavy atom. The minimum atomic E-state index is -3.60. The largest absolute Gasteiger partial charge is 0.464 e. The molecule has 1 heterocycles. The van der Waals surface area contributed by atoms with Gasteiger partial charge in [0.1, 0.15) is 16.4 Å². The third-order valence-corrected chi connectivity index (χ3v) is 4.85. The van der Waals surface area contributed by atoms with Crippen molar-refractivity contribution in [1.29, 1.82) is 0 Å². The molecule has 0 fully saturated rings. The van der Waals surface area contributed by atoms with E-state index in [1.165, 1.54) is 6.07 Å². The van der Waals surface area contributed by atoms with Gasteiger partial charge in [-0.2, -0.15) is 0 Å². The smallest absolute Gasteiger partial charge is 0.244 e. The molecule has 0 saturated carbocycles. The third kappa shape index (κ3) is 3.93. The molecule has 0 radical (unpaired) electrons. The van der Waals surface area contributed by atoms with Crippen molar-refractivity contribution >= 4 is 10.0 Å². The van der Waals surface area contributed by atoms with Gasteiger partial charge in [0.2, 0.25) is 10.0 Å². The fourth-order valence-electron chi connectivity index (χ4n) is 2.23. The van der Waals surface area contributed by atoms with E-state index in [-0.39, 0.29) is 17.5 Å². The van der Waals surface area contributed by atoms with Gasteiger partial charge in [0.25, 0.3) is 0 Å². The van der Waals surface area contributed by atoms with E-state index in [1.807, 2.05) is 37.3 Å². The molecule has 0 spiro atoms. The van der Waals surface area contributed by atoms with Crippen molar-refractivity contribution in [3.05, 3.63) is 53.5 Å². The number of sulfonamides is 1. The van der Waals surface area contributed by atoms with Crippen molar-refractivity contribution in [3.8, 4) is 0 Å². The highest BCUT2D eigenvalue weighted by molar-refractivity contribution is 7.89. The van der Waals surface area contributed by atoms with Crippen molar-refractivity contribution < 1.29 is 12.8 Å². The molecule has 0 bridgehead atoms. The van der Waals surface area contributed by atoms with E-state index in [1.54, 1.807) is 6.92 Å². The lowest BCUT2D eigenvalue weighted by molar-refractivity contribution is 0.478. The normalized spacial score (nSPS) is 13.3. The molecule has 1 unspecified atom stereocenters. The van der Waals surface area contributed by atoms with Crippen LogP contribution in [0.3, 0.4) is 0 Å². The number of nitrogens with two attached hydrogens (primary N) is 1. The highest BCUT2D eigenvalue weighted by Gasteiger charge is 2.23. The van der Waals surface area contributed by atoms with Crippen LogP contribution in [0.2, 0.25) is 0 Å². The fraction of sp³-hybridized carbons (Fsp3) is 0.333. The van der Waals surface area contributed by atoms with Gasteiger partial charge in [-0.3, -0.25) is 0 Å². The van der Waals surface area contributed by atoms with Gasteiger partial charge in [0.05, 0.1) is 6.54 Å². The van der Waals surface area contributed by atoms with Gasteiger partial charge in [-0.05, 0) is 25.8 Å². The Labute approximate surface area is 125 Å². The number of aryl methyl sites for hydroxylation is 1. The van der Waals surface area contributed by atoms with Crippen LogP contribution in [0, 0.1) is 6.92 Å². The Kier molecular flexibility index (Phi) is 4.82. The Bertz CT molecular complexity index is 693. The molecule has 2 aromatic rings. The number of hydrogen-bond acceptors (Lipinski definition) is 4. The Balaban J connectivity index is 2.11. The predicted octanol–water partition coefficient (Wildman–Crippen LogP) is 1.96. The first-order valence-electron chi connectivity index (χ1n) is 6.78. The van der Waals surface area contributed by atoms with Crippen molar-refractivity contribution in [2.24, 2.45) is 5.73 Å². The standard InChI is InChI=1S/C15H20N2O3S/c1-11(8-13-6-4-3-5-7-13)17-21(18,19)15-9-14(10-16)20-12(15)2/h3-7,9,11,17H,8,10,16H2,1-2H3. The molecule has 5 nitrogen and oxygen atoms in total. The Morgan fingerprint density at radius 1 is 1.29 bits per heavy atom. The Hall–Kier alpha value is -1.63. The molecule has 21 heavy (non-hydrogen) atoms. The molecular weight excluding hydrogens is 288 g/mol. The predicted molar refractivity (Wildman–Crippen MR) is 81.3 cm³/mol. The number of nitrogens with one attached hydrogen (secondary N) is 1. The number of hydrogen-bond donors (Lipinski definition) is 2. The number of benzene rings is 1. The first-order chi connectivity index (χ1) is 9.92. The van der Waals surface area contributed by atoms with E-state index in [4.69, 9.17) is 10.2 Å². The van der Waals surface area contributed by atoms with E-state index >= 15 is 0 Å². The zero-order valence-electron chi connectivity index (χ0n) is 12.2. The molecule has 0 amide bonds. The summed E-state index contributed by atoms with van der Waals surface area (Å²) in [6.45, 7) is 3.63.